The lowest BCUT2D eigenvalue weighted by Crippen LogP contribution is -2.61. The van der Waals surface area contributed by atoms with Gasteiger partial charge in [-0.2, -0.15) is 0 Å². The van der Waals surface area contributed by atoms with Gasteiger partial charge in [0.25, 0.3) is 6.71 Å². The van der Waals surface area contributed by atoms with Crippen LogP contribution in [0.3, 0.4) is 0 Å². The molecule has 0 bridgehead atoms. The minimum atomic E-state index is -0.496. The van der Waals surface area contributed by atoms with Crippen LogP contribution in [0.25, 0.3) is 88.7 Å². The standard InChI is InChI=1S/C110H89BN4O/c1-107(2,3)76-61-81(72-43-21-13-22-44-72)103(82(62-76)73-45-23-14-24-46-73)114-98-65-79(70-39-17-11-18-40-70)96(112-92-56-34-30-52-86(92)109(7,8)87-53-31-35-57-93(87)112)68-90(98)111-91-69-97(113-94-58-36-32-54-88(94)110(9,10)89-55-33-37-59-95(89)113)80(71-41-19-12-20-42-71)66-99(91)115(105-102(111)100(114)67-85-78-51-29-38-60-101(78)116-106(85)105)104-83(74-47-25-15-26-48-74)63-77(108(4,5)6)64-84(104)75-49-27-16-28-50-75/h11-69H,1-10H3. The molecule has 558 valence electrons. The fourth-order valence-corrected chi connectivity index (χ4v) is 19.7. The van der Waals surface area contributed by atoms with Gasteiger partial charge >= 0.3 is 0 Å². The van der Waals surface area contributed by atoms with Crippen molar-refractivity contribution in [3.63, 3.8) is 0 Å². The summed E-state index contributed by atoms with van der Waals surface area (Å²) in [6.45, 7) is 23.3. The van der Waals surface area contributed by atoms with Gasteiger partial charge in [-0.25, -0.2) is 0 Å². The van der Waals surface area contributed by atoms with E-state index in [1.165, 1.54) is 33.4 Å². The molecule has 17 aromatic rings. The minimum absolute atomic E-state index is 0.254. The molecule has 0 atom stereocenters. The molecule has 21 rings (SSSR count). The van der Waals surface area contributed by atoms with Gasteiger partial charge in [0.2, 0.25) is 0 Å². The summed E-state index contributed by atoms with van der Waals surface area (Å²) < 4.78 is 7.98. The second-order valence-electron chi connectivity index (χ2n) is 35.1. The van der Waals surface area contributed by atoms with Crippen LogP contribution in [0.15, 0.2) is 362 Å². The zero-order valence-electron chi connectivity index (χ0n) is 67.3. The first-order valence-corrected chi connectivity index (χ1v) is 41.0. The third-order valence-corrected chi connectivity index (χ3v) is 25.5. The van der Waals surface area contributed by atoms with Gasteiger partial charge in [0.05, 0.1) is 51.2 Å². The van der Waals surface area contributed by atoms with Gasteiger partial charge in [-0.1, -0.05) is 342 Å². The molecule has 0 amide bonds. The molecule has 0 aliphatic carbocycles. The molecular weight excluding hydrogens is 1400 g/mol. The summed E-state index contributed by atoms with van der Waals surface area (Å²) in [4.78, 5) is 10.7. The number of benzene rings is 16. The highest BCUT2D eigenvalue weighted by Crippen LogP contribution is 2.62. The van der Waals surface area contributed by atoms with E-state index in [9.17, 15) is 0 Å². The SMILES string of the molecule is CC(C)(C)c1cc(-c2ccccc2)c(N2c3cc(-c4ccccc4)c(N4c5ccccc5C(C)(C)c5ccccc54)cc3B3c4cc(N5c6ccccc6C(C)(C)c6ccccc65)c(-c5ccccc5)cc4N(c4c(-c5ccccc5)cc(C(C)(C)C)cc4-c4ccccc4)c4c3c2cc2c4oc3ccccc32)c(-c2ccccc2)c1. The van der Waals surface area contributed by atoms with Gasteiger partial charge in [0.1, 0.15) is 5.58 Å². The molecule has 16 aromatic carbocycles. The van der Waals surface area contributed by atoms with Crippen molar-refractivity contribution in [3.05, 3.63) is 391 Å². The number of rotatable bonds is 10. The van der Waals surface area contributed by atoms with E-state index in [1.807, 2.05) is 0 Å². The number of nitrogens with zero attached hydrogens (tertiary/aromatic N) is 4. The van der Waals surface area contributed by atoms with Crippen molar-refractivity contribution in [1.29, 1.82) is 0 Å². The van der Waals surface area contributed by atoms with Crippen molar-refractivity contribution < 1.29 is 4.42 Å². The van der Waals surface area contributed by atoms with Crippen molar-refractivity contribution in [2.24, 2.45) is 0 Å². The number of hydrogen-bond donors (Lipinski definition) is 0. The van der Waals surface area contributed by atoms with Gasteiger partial charge in [-0.05, 0) is 179 Å². The van der Waals surface area contributed by atoms with Crippen molar-refractivity contribution in [2.45, 2.75) is 90.9 Å². The summed E-state index contributed by atoms with van der Waals surface area (Å²) in [5.41, 5.74) is 37.8. The van der Waals surface area contributed by atoms with E-state index in [0.29, 0.717) is 0 Å². The summed E-state index contributed by atoms with van der Waals surface area (Å²) in [7, 11) is 0. The zero-order valence-corrected chi connectivity index (χ0v) is 67.3. The van der Waals surface area contributed by atoms with Gasteiger partial charge in [0, 0.05) is 72.0 Å². The fourth-order valence-electron chi connectivity index (χ4n) is 19.7. The predicted molar refractivity (Wildman–Crippen MR) is 491 cm³/mol. The Kier molecular flexibility index (Phi) is 16.2. The van der Waals surface area contributed by atoms with E-state index in [-0.39, 0.29) is 21.7 Å². The normalized spacial score (nSPS) is 14.2. The van der Waals surface area contributed by atoms with E-state index >= 15 is 0 Å². The van der Waals surface area contributed by atoms with Crippen LogP contribution in [0.1, 0.15) is 103 Å². The smallest absolute Gasteiger partial charge is 0.252 e. The van der Waals surface area contributed by atoms with E-state index in [1.54, 1.807) is 0 Å². The Bertz CT molecular complexity index is 6450. The summed E-state index contributed by atoms with van der Waals surface area (Å²) in [6, 6.07) is 136. The highest BCUT2D eigenvalue weighted by Gasteiger charge is 2.50. The molecule has 5 heterocycles. The molecule has 0 spiro atoms. The first-order chi connectivity index (χ1) is 56.4. The van der Waals surface area contributed by atoms with Gasteiger partial charge < -0.3 is 24.0 Å². The summed E-state index contributed by atoms with van der Waals surface area (Å²) in [5, 5.41) is 2.06. The van der Waals surface area contributed by atoms with Crippen LogP contribution in [-0.4, -0.2) is 6.71 Å². The van der Waals surface area contributed by atoms with Crippen molar-refractivity contribution in [3.8, 4) is 66.8 Å². The van der Waals surface area contributed by atoms with Crippen LogP contribution in [0.2, 0.25) is 0 Å². The van der Waals surface area contributed by atoms with Gasteiger partial charge in [-0.3, -0.25) is 0 Å². The minimum Gasteiger partial charge on any atom is -0.454 e. The molecule has 0 unspecified atom stereocenters. The average molecular weight is 1490 g/mol. The first-order valence-electron chi connectivity index (χ1n) is 41.0. The third-order valence-electron chi connectivity index (χ3n) is 25.5. The second kappa shape index (κ2) is 26.6. The van der Waals surface area contributed by atoms with E-state index in [2.05, 4.69) is 447 Å². The lowest BCUT2D eigenvalue weighted by molar-refractivity contribution is 0.590. The summed E-state index contributed by atoms with van der Waals surface area (Å²) >= 11 is 0. The first kappa shape index (κ1) is 70.4. The van der Waals surface area contributed by atoms with Crippen molar-refractivity contribution >= 4 is 113 Å². The molecule has 0 radical (unpaired) electrons. The van der Waals surface area contributed by atoms with E-state index in [0.717, 1.165) is 173 Å². The molecule has 6 heteroatoms. The Morgan fingerprint density at radius 3 is 0.905 bits per heavy atom. The topological polar surface area (TPSA) is 26.1 Å². The monoisotopic (exact) mass is 1490 g/mol. The van der Waals surface area contributed by atoms with Crippen LogP contribution >= 0.6 is 0 Å². The van der Waals surface area contributed by atoms with Crippen molar-refractivity contribution in [1.82, 2.24) is 0 Å². The zero-order chi connectivity index (χ0) is 78.7. The van der Waals surface area contributed by atoms with E-state index in [4.69, 9.17) is 4.42 Å². The van der Waals surface area contributed by atoms with Gasteiger partial charge in [-0.15, -0.1) is 0 Å². The molecule has 116 heavy (non-hydrogen) atoms. The molecule has 0 N–H and O–H groups in total. The summed E-state index contributed by atoms with van der Waals surface area (Å²) in [5.74, 6) is 0. The van der Waals surface area contributed by atoms with Gasteiger partial charge in [0.15, 0.2) is 5.58 Å². The largest absolute Gasteiger partial charge is 0.454 e. The highest BCUT2D eigenvalue weighted by molar-refractivity contribution is 7.01. The molecule has 4 aliphatic rings. The van der Waals surface area contributed by atoms with Crippen LogP contribution in [0.4, 0.5) is 68.2 Å². The molecular formula is C110H89BN4O. The lowest BCUT2D eigenvalue weighted by Gasteiger charge is -2.47. The van der Waals surface area contributed by atoms with Crippen LogP contribution in [-0.2, 0) is 21.7 Å². The molecule has 0 saturated heterocycles. The second-order valence-corrected chi connectivity index (χ2v) is 35.1. The Hall–Kier alpha value is -13.4. The quantitative estimate of drug-likeness (QED) is 0.127. The highest BCUT2D eigenvalue weighted by atomic mass is 16.3. The number of anilines is 12. The fraction of sp³-hybridized carbons (Fsp3) is 0.127. The predicted octanol–water partition coefficient (Wildman–Crippen LogP) is 28.5. The Labute approximate surface area is 681 Å². The lowest BCUT2D eigenvalue weighted by atomic mass is 9.33. The average Bonchev–Trinajstić information content (AvgIpc) is 1.05. The summed E-state index contributed by atoms with van der Waals surface area (Å²) in [6.07, 6.45) is 0. The van der Waals surface area contributed by atoms with E-state index < -0.39 is 6.71 Å². The van der Waals surface area contributed by atoms with Crippen LogP contribution in [0, 0.1) is 0 Å². The van der Waals surface area contributed by atoms with Crippen LogP contribution < -0.4 is 36.0 Å². The Morgan fingerprint density at radius 2 is 0.552 bits per heavy atom. The molecule has 1 aromatic heterocycles. The maximum atomic E-state index is 7.98. The third kappa shape index (κ3) is 11.0. The van der Waals surface area contributed by atoms with Crippen LogP contribution in [0.5, 0.6) is 0 Å². The number of fused-ring (bicyclic) bond motifs is 12. The number of furan rings is 1. The Balaban J connectivity index is 1.02. The molecule has 5 nitrogen and oxygen atoms in total. The molecule has 0 saturated carbocycles. The molecule has 0 fully saturated rings. The Morgan fingerprint density at radius 1 is 0.250 bits per heavy atom. The maximum absolute atomic E-state index is 7.98. The number of para-hydroxylation sites is 5. The van der Waals surface area contributed by atoms with Crippen molar-refractivity contribution in [2.75, 3.05) is 19.6 Å². The number of hydrogen-bond acceptors (Lipinski definition) is 5. The molecule has 4 aliphatic heterocycles. The maximum Gasteiger partial charge on any atom is 0.252 e.